The zero-order valence-electron chi connectivity index (χ0n) is 6.50. The number of hydrogen-bond acceptors (Lipinski definition) is 1. The summed E-state index contributed by atoms with van der Waals surface area (Å²) in [5.74, 6) is -1.71. The van der Waals surface area contributed by atoms with Gasteiger partial charge in [-0.25, -0.2) is 9.38 Å². The van der Waals surface area contributed by atoms with Crippen LogP contribution in [0.3, 0.4) is 0 Å². The molecule has 1 aliphatic carbocycles. The van der Waals surface area contributed by atoms with Gasteiger partial charge in [-0.05, 0) is 23.8 Å². The van der Waals surface area contributed by atoms with E-state index in [4.69, 9.17) is 0 Å². The van der Waals surface area contributed by atoms with Crippen molar-refractivity contribution in [1.29, 1.82) is 0 Å². The molecule has 0 N–H and O–H groups in total. The van der Waals surface area contributed by atoms with E-state index in [2.05, 4.69) is 20.9 Å². The maximum Gasteiger partial charge on any atom is 0.260 e. The van der Waals surface area contributed by atoms with Gasteiger partial charge in [0, 0.05) is 10.7 Å². The molecule has 2 rings (SSSR count). The molecule has 0 aromatic carbocycles. The Kier molecular flexibility index (Phi) is 2.00. The van der Waals surface area contributed by atoms with Gasteiger partial charge in [0.15, 0.2) is 0 Å². The number of halogens is 2. The normalized spacial score (nSPS) is 26.2. The van der Waals surface area contributed by atoms with Crippen LogP contribution in [-0.2, 0) is 4.79 Å². The van der Waals surface area contributed by atoms with E-state index in [1.165, 1.54) is 12.3 Å². The molecule has 13 heavy (non-hydrogen) atoms. The summed E-state index contributed by atoms with van der Waals surface area (Å²) in [6.07, 6.45) is 6.04. The van der Waals surface area contributed by atoms with Crippen molar-refractivity contribution in [3.63, 3.8) is 0 Å². The van der Waals surface area contributed by atoms with E-state index in [9.17, 15) is 9.18 Å². The first-order valence-electron chi connectivity index (χ1n) is 3.71. The van der Waals surface area contributed by atoms with Crippen molar-refractivity contribution in [2.45, 2.75) is 0 Å². The standard InChI is InChI=1S/C9H5BrFNO/c10-6-3-5-1-2-12-9(13)8(5)7(11)4-6/h1-4,8H. The Bertz CT molecular complexity index is 392. The van der Waals surface area contributed by atoms with Gasteiger partial charge >= 0.3 is 0 Å². The average Bonchev–Trinajstić information content (AvgIpc) is 2.02. The lowest BCUT2D eigenvalue weighted by atomic mass is 9.91. The third-order valence-corrected chi connectivity index (χ3v) is 2.36. The third kappa shape index (κ3) is 1.42. The lowest BCUT2D eigenvalue weighted by Crippen LogP contribution is -2.20. The first kappa shape index (κ1) is 8.56. The van der Waals surface area contributed by atoms with Crippen LogP contribution in [-0.4, -0.2) is 12.1 Å². The molecule has 0 fully saturated rings. The molecule has 0 saturated carbocycles. The number of carbonyl (C=O) groups is 1. The first-order chi connectivity index (χ1) is 6.18. The molecule has 2 aliphatic rings. The van der Waals surface area contributed by atoms with Crippen LogP contribution in [0.25, 0.3) is 0 Å². The summed E-state index contributed by atoms with van der Waals surface area (Å²) in [6, 6.07) is 0. The third-order valence-electron chi connectivity index (χ3n) is 1.91. The van der Waals surface area contributed by atoms with Gasteiger partial charge in [-0.15, -0.1) is 0 Å². The molecule has 66 valence electrons. The van der Waals surface area contributed by atoms with Gasteiger partial charge < -0.3 is 0 Å². The molecule has 0 aromatic rings. The molecule has 0 saturated heterocycles. The Morgan fingerprint density at radius 3 is 3.00 bits per heavy atom. The summed E-state index contributed by atoms with van der Waals surface area (Å²) in [5.41, 5.74) is 0.645. The zero-order valence-corrected chi connectivity index (χ0v) is 8.08. The van der Waals surface area contributed by atoms with E-state index >= 15 is 0 Å². The lowest BCUT2D eigenvalue weighted by molar-refractivity contribution is -0.119. The van der Waals surface area contributed by atoms with Crippen molar-refractivity contribution in [2.24, 2.45) is 10.9 Å². The van der Waals surface area contributed by atoms with Crippen molar-refractivity contribution in [3.8, 4) is 0 Å². The Morgan fingerprint density at radius 1 is 1.46 bits per heavy atom. The number of nitrogens with zero attached hydrogens (tertiary/aromatic N) is 1. The fourth-order valence-corrected chi connectivity index (χ4v) is 1.82. The predicted molar refractivity (Wildman–Crippen MR) is 51.3 cm³/mol. The molecule has 1 heterocycles. The smallest absolute Gasteiger partial charge is 0.260 e. The number of carbonyl (C=O) groups excluding carboxylic acids is 1. The first-order valence-corrected chi connectivity index (χ1v) is 4.50. The second kappa shape index (κ2) is 3.03. The van der Waals surface area contributed by atoms with Gasteiger partial charge in [0.25, 0.3) is 5.91 Å². The minimum Gasteiger partial charge on any atom is -0.271 e. The highest BCUT2D eigenvalue weighted by Crippen LogP contribution is 2.33. The predicted octanol–water partition coefficient (Wildman–Crippen LogP) is 2.29. The largest absolute Gasteiger partial charge is 0.271 e. The van der Waals surface area contributed by atoms with Gasteiger partial charge in [0.2, 0.25) is 0 Å². The lowest BCUT2D eigenvalue weighted by Gasteiger charge is -2.18. The van der Waals surface area contributed by atoms with Crippen LogP contribution >= 0.6 is 15.9 Å². The molecule has 0 spiro atoms. The molecular formula is C9H5BrFNO. The van der Waals surface area contributed by atoms with Crippen LogP contribution in [0.2, 0.25) is 0 Å². The highest BCUT2D eigenvalue weighted by molar-refractivity contribution is 9.11. The number of rotatable bonds is 0. The van der Waals surface area contributed by atoms with Gasteiger partial charge in [-0.1, -0.05) is 15.9 Å². The van der Waals surface area contributed by atoms with Crippen molar-refractivity contribution in [2.75, 3.05) is 0 Å². The summed E-state index contributed by atoms with van der Waals surface area (Å²) < 4.78 is 13.9. The monoisotopic (exact) mass is 241 g/mol. The van der Waals surface area contributed by atoms with Crippen LogP contribution < -0.4 is 0 Å². The fraction of sp³-hybridized carbons (Fsp3) is 0.111. The summed E-state index contributed by atoms with van der Waals surface area (Å²) >= 11 is 3.16. The molecule has 2 nitrogen and oxygen atoms in total. The van der Waals surface area contributed by atoms with Gasteiger partial charge in [-0.2, -0.15) is 0 Å². The Hall–Kier alpha value is -1.03. The van der Waals surface area contributed by atoms with Gasteiger partial charge in [0.1, 0.15) is 11.7 Å². The molecule has 1 atom stereocenters. The number of fused-ring (bicyclic) bond motifs is 1. The molecule has 0 aromatic heterocycles. The maximum atomic E-state index is 13.3. The fourth-order valence-electron chi connectivity index (χ4n) is 1.33. The van der Waals surface area contributed by atoms with Crippen LogP contribution in [0.5, 0.6) is 0 Å². The van der Waals surface area contributed by atoms with E-state index in [0.717, 1.165) is 0 Å². The van der Waals surface area contributed by atoms with E-state index in [0.29, 0.717) is 10.1 Å². The van der Waals surface area contributed by atoms with E-state index in [1.807, 2.05) is 0 Å². The van der Waals surface area contributed by atoms with E-state index < -0.39 is 17.7 Å². The number of amides is 1. The van der Waals surface area contributed by atoms with E-state index in [1.54, 1.807) is 12.2 Å². The SMILES string of the molecule is O=C1N=CC=C2C=C(Br)C=C(F)C12. The number of hydrogen-bond donors (Lipinski definition) is 0. The Labute approximate surface area is 82.7 Å². The second-order valence-electron chi connectivity index (χ2n) is 2.77. The topological polar surface area (TPSA) is 29.4 Å². The zero-order chi connectivity index (χ0) is 9.42. The van der Waals surface area contributed by atoms with Crippen LogP contribution in [0.15, 0.2) is 39.1 Å². The molecule has 0 bridgehead atoms. The van der Waals surface area contributed by atoms with Crippen molar-refractivity contribution in [1.82, 2.24) is 0 Å². The summed E-state index contributed by atoms with van der Waals surface area (Å²) in [4.78, 5) is 14.7. The summed E-state index contributed by atoms with van der Waals surface area (Å²) in [7, 11) is 0. The minimum absolute atomic E-state index is 0.442. The van der Waals surface area contributed by atoms with Crippen molar-refractivity contribution >= 4 is 28.1 Å². The van der Waals surface area contributed by atoms with Crippen LogP contribution in [0.4, 0.5) is 4.39 Å². The number of aliphatic imine (C=N–C) groups is 1. The highest BCUT2D eigenvalue weighted by Gasteiger charge is 2.30. The molecule has 0 radical (unpaired) electrons. The summed E-state index contributed by atoms with van der Waals surface area (Å²) in [5, 5.41) is 0. The number of dihydropyridines is 1. The van der Waals surface area contributed by atoms with Gasteiger partial charge in [-0.3, -0.25) is 4.79 Å². The highest BCUT2D eigenvalue weighted by atomic mass is 79.9. The Balaban J connectivity index is 2.50. The number of allylic oxidation sites excluding steroid dienone is 4. The molecule has 1 aliphatic heterocycles. The van der Waals surface area contributed by atoms with Crippen LogP contribution in [0, 0.1) is 5.92 Å². The van der Waals surface area contributed by atoms with Crippen LogP contribution in [0.1, 0.15) is 0 Å². The molecular weight excluding hydrogens is 237 g/mol. The summed E-state index contributed by atoms with van der Waals surface area (Å²) in [6.45, 7) is 0. The minimum atomic E-state index is -0.814. The van der Waals surface area contributed by atoms with Gasteiger partial charge in [0.05, 0.1) is 0 Å². The molecule has 4 heteroatoms. The Morgan fingerprint density at radius 2 is 2.23 bits per heavy atom. The van der Waals surface area contributed by atoms with Crippen molar-refractivity contribution in [3.05, 3.63) is 34.1 Å². The maximum absolute atomic E-state index is 13.3. The van der Waals surface area contributed by atoms with Crippen molar-refractivity contribution < 1.29 is 9.18 Å². The molecule has 1 unspecified atom stereocenters. The van der Waals surface area contributed by atoms with E-state index in [-0.39, 0.29) is 0 Å². The second-order valence-corrected chi connectivity index (χ2v) is 3.69. The quantitative estimate of drug-likeness (QED) is 0.640. The molecule has 1 amide bonds. The average molecular weight is 242 g/mol.